The van der Waals surface area contributed by atoms with Gasteiger partial charge >= 0.3 is 0 Å². The van der Waals surface area contributed by atoms with Crippen molar-refractivity contribution >= 4 is 32.6 Å². The van der Waals surface area contributed by atoms with Crippen LogP contribution in [0.5, 0.6) is 0 Å². The fourth-order valence-electron chi connectivity index (χ4n) is 7.46. The third kappa shape index (κ3) is 5.54. The first-order valence-electron chi connectivity index (χ1n) is 17.9. The minimum Gasteiger partial charge on any atom is -0.309 e. The molecule has 0 unspecified atom stereocenters. The number of para-hydroxylation sites is 1. The lowest BCUT2D eigenvalue weighted by Crippen LogP contribution is -2.01. The summed E-state index contributed by atoms with van der Waals surface area (Å²) in [6.45, 7) is 0. The van der Waals surface area contributed by atoms with Crippen LogP contribution in [0.1, 0.15) is 0 Å². The van der Waals surface area contributed by atoms with Gasteiger partial charge in [0.1, 0.15) is 0 Å². The highest BCUT2D eigenvalue weighted by Crippen LogP contribution is 2.36. The van der Waals surface area contributed by atoms with E-state index in [2.05, 4.69) is 180 Å². The Hall–Kier alpha value is -7.17. The average molecular weight is 677 g/mol. The summed E-state index contributed by atoms with van der Waals surface area (Å²) in [4.78, 5) is 15.4. The van der Waals surface area contributed by atoms with E-state index in [1.165, 1.54) is 32.6 Å². The van der Waals surface area contributed by atoms with Gasteiger partial charge in [-0.2, -0.15) is 0 Å². The average Bonchev–Trinajstić information content (AvgIpc) is 3.56. The molecule has 4 heteroatoms. The van der Waals surface area contributed by atoms with Crippen molar-refractivity contribution in [3.63, 3.8) is 0 Å². The maximum atomic E-state index is 5.16. The van der Waals surface area contributed by atoms with Crippen LogP contribution in [0.15, 0.2) is 194 Å². The van der Waals surface area contributed by atoms with E-state index in [9.17, 15) is 0 Å². The molecule has 0 bridgehead atoms. The van der Waals surface area contributed by atoms with E-state index in [0.29, 0.717) is 17.5 Å². The number of hydrogen-bond acceptors (Lipinski definition) is 3. The zero-order valence-corrected chi connectivity index (χ0v) is 28.8. The Morgan fingerprint density at radius 3 is 1.64 bits per heavy atom. The van der Waals surface area contributed by atoms with Gasteiger partial charge in [-0.3, -0.25) is 0 Å². The molecule has 0 fully saturated rings. The van der Waals surface area contributed by atoms with E-state index >= 15 is 0 Å². The third-order valence-corrected chi connectivity index (χ3v) is 10.0. The molecule has 0 amide bonds. The Morgan fingerprint density at radius 2 is 0.868 bits per heavy atom. The molecule has 10 rings (SSSR count). The van der Waals surface area contributed by atoms with Crippen LogP contribution >= 0.6 is 0 Å². The van der Waals surface area contributed by atoms with Gasteiger partial charge in [0, 0.05) is 33.2 Å². The van der Waals surface area contributed by atoms with Crippen LogP contribution in [0.2, 0.25) is 0 Å². The lowest BCUT2D eigenvalue weighted by atomic mass is 9.99. The van der Waals surface area contributed by atoms with Gasteiger partial charge in [-0.15, -0.1) is 0 Å². The van der Waals surface area contributed by atoms with Gasteiger partial charge in [0.15, 0.2) is 17.5 Å². The second-order valence-electron chi connectivity index (χ2n) is 13.3. The highest BCUT2D eigenvalue weighted by atomic mass is 15.0. The number of benzene rings is 8. The Morgan fingerprint density at radius 1 is 0.302 bits per heavy atom. The summed E-state index contributed by atoms with van der Waals surface area (Å²) in [5.74, 6) is 1.88. The fraction of sp³-hybridized carbons (Fsp3) is 0. The Balaban J connectivity index is 1.13. The van der Waals surface area contributed by atoms with Gasteiger partial charge in [-0.05, 0) is 81.6 Å². The van der Waals surface area contributed by atoms with Crippen molar-refractivity contribution in [1.82, 2.24) is 19.5 Å². The molecule has 4 nitrogen and oxygen atoms in total. The molecule has 2 aromatic heterocycles. The maximum absolute atomic E-state index is 5.16. The van der Waals surface area contributed by atoms with E-state index in [1.54, 1.807) is 0 Å². The molecule has 53 heavy (non-hydrogen) atoms. The van der Waals surface area contributed by atoms with Gasteiger partial charge in [0.25, 0.3) is 0 Å². The summed E-state index contributed by atoms with van der Waals surface area (Å²) < 4.78 is 2.36. The predicted molar refractivity (Wildman–Crippen MR) is 219 cm³/mol. The number of fused-ring (bicyclic) bond motifs is 4. The largest absolute Gasteiger partial charge is 0.309 e. The predicted octanol–water partition coefficient (Wildman–Crippen LogP) is 12.5. The molecule has 0 saturated heterocycles. The number of rotatable bonds is 6. The molecule has 10 aromatic rings. The van der Waals surface area contributed by atoms with Crippen LogP contribution in [-0.4, -0.2) is 19.5 Å². The summed E-state index contributed by atoms with van der Waals surface area (Å²) >= 11 is 0. The molecule has 0 spiro atoms. The smallest absolute Gasteiger partial charge is 0.164 e. The minimum atomic E-state index is 0.623. The molecule has 0 N–H and O–H groups in total. The monoisotopic (exact) mass is 676 g/mol. The number of nitrogens with zero attached hydrogens (tertiary/aromatic N) is 4. The standard InChI is InChI=1S/C49H32N4/c1-3-14-33(15-4-1)36-20-13-21-39(30-36)48-50-47(51-49(52-48)43-24-10-9-22-41(43)34-16-5-2-6-17-34)35-26-28-40(29-27-35)53-45-25-12-11-23-42(45)44-31-37-18-7-8-19-38(37)32-46(44)53/h1-32H. The summed E-state index contributed by atoms with van der Waals surface area (Å²) in [6, 6.07) is 68.0. The molecule has 248 valence electrons. The molecular formula is C49H32N4. The number of aromatic nitrogens is 4. The molecule has 2 heterocycles. The van der Waals surface area contributed by atoms with Crippen LogP contribution in [0, 0.1) is 0 Å². The summed E-state index contributed by atoms with van der Waals surface area (Å²) in [7, 11) is 0. The van der Waals surface area contributed by atoms with Crippen LogP contribution in [0.4, 0.5) is 0 Å². The highest BCUT2D eigenvalue weighted by Gasteiger charge is 2.17. The van der Waals surface area contributed by atoms with Gasteiger partial charge in [0.05, 0.1) is 11.0 Å². The SMILES string of the molecule is c1ccc(-c2cccc(-c3nc(-c4ccc(-n5c6ccccc6c6cc7ccccc7cc65)cc4)nc(-c4ccccc4-c4ccccc4)n3)c2)cc1. The van der Waals surface area contributed by atoms with Crippen LogP contribution in [-0.2, 0) is 0 Å². The summed E-state index contributed by atoms with van der Waals surface area (Å²) in [5, 5.41) is 4.93. The summed E-state index contributed by atoms with van der Waals surface area (Å²) in [6.07, 6.45) is 0. The van der Waals surface area contributed by atoms with E-state index < -0.39 is 0 Å². The lowest BCUT2D eigenvalue weighted by molar-refractivity contribution is 1.07. The van der Waals surface area contributed by atoms with Crippen molar-refractivity contribution in [1.29, 1.82) is 0 Å². The Bertz CT molecular complexity index is 2930. The second-order valence-corrected chi connectivity index (χ2v) is 13.3. The van der Waals surface area contributed by atoms with Crippen molar-refractivity contribution in [3.8, 4) is 62.1 Å². The zero-order chi connectivity index (χ0) is 35.1. The van der Waals surface area contributed by atoms with Gasteiger partial charge < -0.3 is 4.57 Å². The molecule has 0 aliphatic heterocycles. The first-order valence-corrected chi connectivity index (χ1v) is 17.9. The topological polar surface area (TPSA) is 43.6 Å². The molecule has 0 radical (unpaired) electrons. The van der Waals surface area contributed by atoms with Crippen molar-refractivity contribution in [2.75, 3.05) is 0 Å². The fourth-order valence-corrected chi connectivity index (χ4v) is 7.46. The van der Waals surface area contributed by atoms with Crippen LogP contribution < -0.4 is 0 Å². The van der Waals surface area contributed by atoms with Crippen molar-refractivity contribution in [2.24, 2.45) is 0 Å². The van der Waals surface area contributed by atoms with Crippen LogP contribution in [0.25, 0.3) is 94.7 Å². The van der Waals surface area contributed by atoms with Crippen molar-refractivity contribution in [3.05, 3.63) is 194 Å². The Kier molecular flexibility index (Phi) is 7.43. The van der Waals surface area contributed by atoms with E-state index in [1.807, 2.05) is 18.2 Å². The van der Waals surface area contributed by atoms with Gasteiger partial charge in [-0.25, -0.2) is 15.0 Å². The van der Waals surface area contributed by atoms with Crippen LogP contribution in [0.3, 0.4) is 0 Å². The third-order valence-electron chi connectivity index (χ3n) is 10.0. The van der Waals surface area contributed by atoms with E-state index in [-0.39, 0.29) is 0 Å². The lowest BCUT2D eigenvalue weighted by Gasteiger charge is -2.13. The normalized spacial score (nSPS) is 11.4. The molecule has 0 aliphatic rings. The van der Waals surface area contributed by atoms with Gasteiger partial charge in [0.2, 0.25) is 0 Å². The first kappa shape index (κ1) is 30.6. The van der Waals surface area contributed by atoms with Crippen molar-refractivity contribution < 1.29 is 0 Å². The Labute approximate surface area is 307 Å². The molecule has 8 aromatic carbocycles. The van der Waals surface area contributed by atoms with Crippen molar-refractivity contribution in [2.45, 2.75) is 0 Å². The van der Waals surface area contributed by atoms with E-state index in [0.717, 1.165) is 44.6 Å². The molecule has 0 saturated carbocycles. The van der Waals surface area contributed by atoms with E-state index in [4.69, 9.17) is 15.0 Å². The molecule has 0 aliphatic carbocycles. The molecule has 0 atom stereocenters. The second kappa shape index (κ2) is 12.9. The number of hydrogen-bond donors (Lipinski definition) is 0. The minimum absolute atomic E-state index is 0.623. The quantitative estimate of drug-likeness (QED) is 0.176. The maximum Gasteiger partial charge on any atom is 0.164 e. The van der Waals surface area contributed by atoms with Gasteiger partial charge in [-0.1, -0.05) is 146 Å². The first-order chi connectivity index (χ1) is 26.3. The molecular weight excluding hydrogens is 645 g/mol. The highest BCUT2D eigenvalue weighted by molar-refractivity contribution is 6.13. The summed E-state index contributed by atoms with van der Waals surface area (Å²) in [5.41, 5.74) is 10.7. The zero-order valence-electron chi connectivity index (χ0n) is 28.8.